The molecule has 2 saturated carbocycles. The predicted molar refractivity (Wildman–Crippen MR) is 75.5 cm³/mol. The molecule has 0 aliphatic heterocycles. The Hall–Kier alpha value is -1.29. The molecule has 0 saturated heterocycles. The number of nitro groups is 1. The van der Waals surface area contributed by atoms with Crippen LogP contribution in [0.5, 0.6) is 0 Å². The first-order valence-corrected chi connectivity index (χ1v) is 7.19. The monoisotopic (exact) mass is 280 g/mol. The molecule has 0 aromatic heterocycles. The van der Waals surface area contributed by atoms with E-state index in [1.165, 1.54) is 31.7 Å². The number of nitro benzene ring substituents is 1. The van der Waals surface area contributed by atoms with E-state index in [1.54, 1.807) is 12.1 Å². The highest BCUT2D eigenvalue weighted by Gasteiger charge is 2.39. The summed E-state index contributed by atoms with van der Waals surface area (Å²) in [5.41, 5.74) is 0.646. The Balaban J connectivity index is 1.69. The molecule has 1 aromatic rings. The second-order valence-corrected chi connectivity index (χ2v) is 6.17. The summed E-state index contributed by atoms with van der Waals surface area (Å²) >= 11 is 5.92. The van der Waals surface area contributed by atoms with Gasteiger partial charge in [0.25, 0.3) is 5.69 Å². The molecule has 4 nitrogen and oxygen atoms in total. The maximum atomic E-state index is 11.0. The third kappa shape index (κ3) is 2.54. The van der Waals surface area contributed by atoms with E-state index in [4.69, 9.17) is 11.6 Å². The number of benzene rings is 1. The Bertz CT molecular complexity index is 506. The second-order valence-electron chi connectivity index (χ2n) is 5.73. The van der Waals surface area contributed by atoms with Crippen LogP contribution in [0.15, 0.2) is 18.2 Å². The summed E-state index contributed by atoms with van der Waals surface area (Å²) in [5.74, 6) is 2.37. The average molecular weight is 281 g/mol. The summed E-state index contributed by atoms with van der Waals surface area (Å²) in [7, 11) is 0. The summed E-state index contributed by atoms with van der Waals surface area (Å²) < 4.78 is 0. The molecule has 0 amide bonds. The van der Waals surface area contributed by atoms with Crippen LogP contribution in [0.25, 0.3) is 0 Å². The molecule has 0 radical (unpaired) electrons. The lowest BCUT2D eigenvalue weighted by molar-refractivity contribution is -0.384. The minimum Gasteiger partial charge on any atom is -0.379 e. The van der Waals surface area contributed by atoms with E-state index >= 15 is 0 Å². The zero-order valence-electron chi connectivity index (χ0n) is 10.6. The van der Waals surface area contributed by atoms with Gasteiger partial charge in [-0.05, 0) is 49.1 Å². The van der Waals surface area contributed by atoms with Gasteiger partial charge in [-0.25, -0.2) is 0 Å². The Morgan fingerprint density at radius 3 is 2.84 bits per heavy atom. The highest BCUT2D eigenvalue weighted by Crippen LogP contribution is 2.48. The van der Waals surface area contributed by atoms with Crippen LogP contribution in [0.4, 0.5) is 11.4 Å². The molecule has 2 bridgehead atoms. The molecular formula is C14H17ClN2O2. The van der Waals surface area contributed by atoms with Crippen LogP contribution in [0, 0.1) is 27.9 Å². The number of nitrogens with one attached hydrogen (secondary N) is 1. The van der Waals surface area contributed by atoms with Crippen LogP contribution in [-0.4, -0.2) is 11.5 Å². The SMILES string of the molecule is O=[N+]([O-])c1ccc(Cl)cc1NCC1CC2CCC1C2. The number of hydrogen-bond acceptors (Lipinski definition) is 3. The molecule has 1 N–H and O–H groups in total. The normalized spacial score (nSPS) is 28.6. The molecule has 102 valence electrons. The van der Waals surface area contributed by atoms with E-state index in [9.17, 15) is 10.1 Å². The second kappa shape index (κ2) is 5.00. The van der Waals surface area contributed by atoms with E-state index in [0.717, 1.165) is 18.4 Å². The highest BCUT2D eigenvalue weighted by molar-refractivity contribution is 6.31. The lowest BCUT2D eigenvalue weighted by Gasteiger charge is -2.22. The fourth-order valence-corrected chi connectivity index (χ4v) is 3.85. The van der Waals surface area contributed by atoms with Crippen molar-refractivity contribution in [3.05, 3.63) is 33.3 Å². The number of halogens is 1. The van der Waals surface area contributed by atoms with E-state index in [0.29, 0.717) is 16.6 Å². The van der Waals surface area contributed by atoms with Crippen molar-refractivity contribution in [1.29, 1.82) is 0 Å². The Kier molecular flexibility index (Phi) is 3.35. The molecule has 19 heavy (non-hydrogen) atoms. The maximum Gasteiger partial charge on any atom is 0.292 e. The van der Waals surface area contributed by atoms with E-state index in [1.807, 2.05) is 0 Å². The molecule has 2 aliphatic carbocycles. The zero-order chi connectivity index (χ0) is 13.4. The number of nitrogens with zero attached hydrogens (tertiary/aromatic N) is 1. The number of anilines is 1. The van der Waals surface area contributed by atoms with Gasteiger partial charge in [-0.3, -0.25) is 10.1 Å². The fourth-order valence-electron chi connectivity index (χ4n) is 3.68. The molecule has 3 unspecified atom stereocenters. The van der Waals surface area contributed by atoms with Crippen LogP contribution >= 0.6 is 11.6 Å². The first-order valence-electron chi connectivity index (χ1n) is 6.81. The first-order chi connectivity index (χ1) is 9.13. The smallest absolute Gasteiger partial charge is 0.292 e. The van der Waals surface area contributed by atoms with Crippen molar-refractivity contribution in [3.8, 4) is 0 Å². The highest BCUT2D eigenvalue weighted by atomic mass is 35.5. The number of fused-ring (bicyclic) bond motifs is 2. The molecule has 0 spiro atoms. The van der Waals surface area contributed by atoms with Gasteiger partial charge in [-0.1, -0.05) is 18.0 Å². The predicted octanol–water partition coefficient (Wildman–Crippen LogP) is 4.10. The molecule has 1 aromatic carbocycles. The van der Waals surface area contributed by atoms with Crippen LogP contribution < -0.4 is 5.32 Å². The van der Waals surface area contributed by atoms with E-state index < -0.39 is 0 Å². The van der Waals surface area contributed by atoms with Crippen molar-refractivity contribution in [2.24, 2.45) is 17.8 Å². The van der Waals surface area contributed by atoms with Crippen LogP contribution in [-0.2, 0) is 0 Å². The molecular weight excluding hydrogens is 264 g/mol. The summed E-state index contributed by atoms with van der Waals surface area (Å²) in [6.07, 6.45) is 5.32. The number of hydrogen-bond donors (Lipinski definition) is 1. The lowest BCUT2D eigenvalue weighted by Crippen LogP contribution is -2.20. The van der Waals surface area contributed by atoms with Gasteiger partial charge < -0.3 is 5.32 Å². The standard InChI is InChI=1S/C14H17ClN2O2/c15-12-3-4-14(17(18)19)13(7-12)16-8-11-6-9-1-2-10(11)5-9/h3-4,7,9-11,16H,1-2,5-6,8H2. The van der Waals surface area contributed by atoms with Gasteiger partial charge in [0, 0.05) is 17.6 Å². The topological polar surface area (TPSA) is 55.2 Å². The summed E-state index contributed by atoms with van der Waals surface area (Å²) in [4.78, 5) is 10.6. The van der Waals surface area contributed by atoms with Gasteiger partial charge in [-0.2, -0.15) is 0 Å². The van der Waals surface area contributed by atoms with Gasteiger partial charge in [0.15, 0.2) is 0 Å². The molecule has 3 atom stereocenters. The van der Waals surface area contributed by atoms with Crippen LogP contribution in [0.2, 0.25) is 5.02 Å². The third-order valence-corrected chi connectivity index (χ3v) is 4.83. The largest absolute Gasteiger partial charge is 0.379 e. The summed E-state index contributed by atoms with van der Waals surface area (Å²) in [5, 5.41) is 14.7. The lowest BCUT2D eigenvalue weighted by atomic mass is 9.89. The Morgan fingerprint density at radius 1 is 1.37 bits per heavy atom. The van der Waals surface area contributed by atoms with Gasteiger partial charge >= 0.3 is 0 Å². The van der Waals surface area contributed by atoms with Gasteiger partial charge in [0.1, 0.15) is 5.69 Å². The van der Waals surface area contributed by atoms with E-state index in [-0.39, 0.29) is 10.6 Å². The zero-order valence-corrected chi connectivity index (χ0v) is 11.4. The molecule has 5 heteroatoms. The summed E-state index contributed by atoms with van der Waals surface area (Å²) in [6.45, 7) is 0.822. The molecule has 2 aliphatic rings. The minimum atomic E-state index is -0.362. The Labute approximate surface area is 117 Å². The van der Waals surface area contributed by atoms with Crippen molar-refractivity contribution >= 4 is 23.0 Å². The van der Waals surface area contributed by atoms with Crippen LogP contribution in [0.1, 0.15) is 25.7 Å². The van der Waals surface area contributed by atoms with Crippen molar-refractivity contribution in [2.45, 2.75) is 25.7 Å². The molecule has 0 heterocycles. The van der Waals surface area contributed by atoms with Crippen molar-refractivity contribution < 1.29 is 4.92 Å². The number of rotatable bonds is 4. The van der Waals surface area contributed by atoms with Gasteiger partial charge in [-0.15, -0.1) is 0 Å². The van der Waals surface area contributed by atoms with Crippen molar-refractivity contribution in [1.82, 2.24) is 0 Å². The first kappa shape index (κ1) is 12.7. The van der Waals surface area contributed by atoms with Crippen LogP contribution in [0.3, 0.4) is 0 Å². The van der Waals surface area contributed by atoms with E-state index in [2.05, 4.69) is 5.32 Å². The third-order valence-electron chi connectivity index (χ3n) is 4.59. The minimum absolute atomic E-state index is 0.104. The Morgan fingerprint density at radius 2 is 2.21 bits per heavy atom. The fraction of sp³-hybridized carbons (Fsp3) is 0.571. The molecule has 3 rings (SSSR count). The van der Waals surface area contributed by atoms with Gasteiger partial charge in [0.05, 0.1) is 4.92 Å². The van der Waals surface area contributed by atoms with Crippen molar-refractivity contribution in [3.63, 3.8) is 0 Å². The van der Waals surface area contributed by atoms with Gasteiger partial charge in [0.2, 0.25) is 0 Å². The molecule has 2 fully saturated rings. The maximum absolute atomic E-state index is 11.0. The van der Waals surface area contributed by atoms with Crippen molar-refractivity contribution in [2.75, 3.05) is 11.9 Å². The quantitative estimate of drug-likeness (QED) is 0.667. The summed E-state index contributed by atoms with van der Waals surface area (Å²) in [6, 6.07) is 4.67. The average Bonchev–Trinajstić information content (AvgIpc) is 2.98.